The zero-order valence-corrected chi connectivity index (χ0v) is 23.3. The minimum Gasteiger partial charge on any atom is -0.466 e. The van der Waals surface area contributed by atoms with Crippen molar-refractivity contribution in [3.63, 3.8) is 0 Å². The van der Waals surface area contributed by atoms with E-state index in [-0.39, 0.29) is 36.3 Å². The van der Waals surface area contributed by atoms with Crippen molar-refractivity contribution in [2.75, 3.05) is 13.2 Å². The fraction of sp³-hybridized carbons (Fsp3) is 0.692. The minimum absolute atomic E-state index is 0.0680. The third-order valence-corrected chi connectivity index (χ3v) is 11.1. The molecule has 192 valence electrons. The third kappa shape index (κ3) is 7.55. The van der Waals surface area contributed by atoms with Crippen LogP contribution in [0.5, 0.6) is 0 Å². The van der Waals surface area contributed by atoms with E-state index in [2.05, 4.69) is 33.9 Å². The fourth-order valence-electron chi connectivity index (χ4n) is 3.75. The lowest BCUT2D eigenvalue weighted by molar-refractivity contribution is -0.145. The highest BCUT2D eigenvalue weighted by atomic mass is 28.4. The Bertz CT molecular complexity index is 840. The molecular weight excluding hydrogens is 450 g/mol. The Morgan fingerprint density at radius 3 is 2.21 bits per heavy atom. The highest BCUT2D eigenvalue weighted by Crippen LogP contribution is 2.41. The maximum atomic E-state index is 13.1. The SMILES string of the molecule is CCOC(=O)CC(O)c1ccc([C@H]2C[C@@H](O[Si](C)(C)C(C)(C)C)CN2C(=O)OC(C)(C)C)cc1. The number of nitrogens with zero attached hydrogens (tertiary/aromatic N) is 1. The Balaban J connectivity index is 2.24. The van der Waals surface area contributed by atoms with E-state index < -0.39 is 26.0 Å². The molecule has 2 rings (SSSR count). The van der Waals surface area contributed by atoms with E-state index >= 15 is 0 Å². The Morgan fingerprint density at radius 1 is 1.12 bits per heavy atom. The molecule has 1 aromatic carbocycles. The molecule has 3 atom stereocenters. The van der Waals surface area contributed by atoms with Crippen LogP contribution in [0.2, 0.25) is 18.1 Å². The molecule has 1 aliphatic heterocycles. The van der Waals surface area contributed by atoms with Crippen molar-refractivity contribution in [3.8, 4) is 0 Å². The Morgan fingerprint density at radius 2 is 1.71 bits per heavy atom. The van der Waals surface area contributed by atoms with E-state index in [0.717, 1.165) is 5.56 Å². The Labute approximate surface area is 205 Å². The van der Waals surface area contributed by atoms with Gasteiger partial charge < -0.3 is 19.0 Å². The van der Waals surface area contributed by atoms with E-state index in [4.69, 9.17) is 13.9 Å². The number of carbonyl (C=O) groups excluding carboxylic acids is 2. The Kier molecular flexibility index (Phi) is 8.99. The first-order valence-electron chi connectivity index (χ1n) is 12.1. The number of hydrogen-bond acceptors (Lipinski definition) is 6. The van der Waals surface area contributed by atoms with Crippen LogP contribution in [0.15, 0.2) is 24.3 Å². The summed E-state index contributed by atoms with van der Waals surface area (Å²) in [4.78, 5) is 26.5. The summed E-state index contributed by atoms with van der Waals surface area (Å²) >= 11 is 0. The topological polar surface area (TPSA) is 85.3 Å². The Hall–Kier alpha value is -1.90. The van der Waals surface area contributed by atoms with E-state index in [9.17, 15) is 14.7 Å². The van der Waals surface area contributed by atoms with Gasteiger partial charge in [0.25, 0.3) is 0 Å². The molecular formula is C26H43NO6Si. The molecule has 7 nitrogen and oxygen atoms in total. The smallest absolute Gasteiger partial charge is 0.410 e. The van der Waals surface area contributed by atoms with Crippen molar-refractivity contribution < 1.29 is 28.6 Å². The van der Waals surface area contributed by atoms with Gasteiger partial charge in [-0.2, -0.15) is 0 Å². The molecule has 0 bridgehead atoms. The number of aliphatic hydroxyl groups is 1. The fourth-order valence-corrected chi connectivity index (χ4v) is 5.11. The lowest BCUT2D eigenvalue weighted by atomic mass is 9.99. The van der Waals surface area contributed by atoms with Gasteiger partial charge >= 0.3 is 12.1 Å². The van der Waals surface area contributed by atoms with Crippen molar-refractivity contribution in [1.82, 2.24) is 4.90 Å². The van der Waals surface area contributed by atoms with E-state index in [1.165, 1.54) is 0 Å². The molecule has 1 saturated heterocycles. The molecule has 1 unspecified atom stereocenters. The summed E-state index contributed by atoms with van der Waals surface area (Å²) in [5, 5.41) is 10.5. The first-order chi connectivity index (χ1) is 15.5. The molecule has 0 saturated carbocycles. The maximum absolute atomic E-state index is 13.1. The first-order valence-corrected chi connectivity index (χ1v) is 15.1. The van der Waals surface area contributed by atoms with Gasteiger partial charge in [-0.3, -0.25) is 9.69 Å². The van der Waals surface area contributed by atoms with Gasteiger partial charge in [0.05, 0.1) is 31.3 Å². The number of likely N-dealkylation sites (tertiary alicyclic amines) is 1. The van der Waals surface area contributed by atoms with Crippen LogP contribution in [0.4, 0.5) is 4.79 Å². The zero-order chi connectivity index (χ0) is 25.9. The average molecular weight is 494 g/mol. The van der Waals surface area contributed by atoms with E-state index in [1.807, 2.05) is 32.9 Å². The summed E-state index contributed by atoms with van der Waals surface area (Å²) in [6.45, 7) is 19.1. The molecule has 0 radical (unpaired) electrons. The molecule has 1 aliphatic rings. The molecule has 0 aromatic heterocycles. The molecule has 1 fully saturated rings. The van der Waals surface area contributed by atoms with Crippen LogP contribution in [0, 0.1) is 0 Å². The lowest BCUT2D eigenvalue weighted by Gasteiger charge is -2.38. The van der Waals surface area contributed by atoms with Gasteiger partial charge in [-0.15, -0.1) is 0 Å². The summed E-state index contributed by atoms with van der Waals surface area (Å²) in [5.74, 6) is -0.434. The molecule has 0 aliphatic carbocycles. The molecule has 1 N–H and O–H groups in total. The van der Waals surface area contributed by atoms with Gasteiger partial charge in [-0.1, -0.05) is 45.0 Å². The summed E-state index contributed by atoms with van der Waals surface area (Å²) in [6, 6.07) is 7.21. The second-order valence-corrected chi connectivity index (χ2v) is 16.3. The van der Waals surface area contributed by atoms with Gasteiger partial charge in [0.15, 0.2) is 8.32 Å². The number of carbonyl (C=O) groups is 2. The number of benzene rings is 1. The highest BCUT2D eigenvalue weighted by Gasteiger charge is 2.44. The molecule has 34 heavy (non-hydrogen) atoms. The number of aliphatic hydroxyl groups excluding tert-OH is 1. The van der Waals surface area contributed by atoms with Crippen LogP contribution in [-0.2, 0) is 18.7 Å². The third-order valence-electron chi connectivity index (χ3n) is 6.53. The summed E-state index contributed by atoms with van der Waals surface area (Å²) < 4.78 is 17.3. The summed E-state index contributed by atoms with van der Waals surface area (Å²) in [7, 11) is -2.01. The van der Waals surface area contributed by atoms with Gasteiger partial charge in [0.1, 0.15) is 5.60 Å². The summed E-state index contributed by atoms with van der Waals surface area (Å²) in [6.07, 6.45) is -0.787. The minimum atomic E-state index is -2.01. The largest absolute Gasteiger partial charge is 0.466 e. The second kappa shape index (κ2) is 10.8. The van der Waals surface area contributed by atoms with Crippen LogP contribution in [0.1, 0.15) is 84.6 Å². The summed E-state index contributed by atoms with van der Waals surface area (Å²) in [5.41, 5.74) is 0.980. The van der Waals surface area contributed by atoms with Crippen molar-refractivity contribution in [1.29, 1.82) is 0 Å². The predicted molar refractivity (Wildman–Crippen MR) is 135 cm³/mol. The normalized spacial score (nSPS) is 20.2. The average Bonchev–Trinajstić information content (AvgIpc) is 3.09. The standard InChI is InChI=1S/C26H43NO6Si/c1-10-31-23(29)16-22(28)19-13-11-18(12-14-19)21-15-20(33-34(8,9)26(5,6)7)17-27(21)24(30)32-25(2,3)4/h11-14,20-22,28H,10,15-17H2,1-9H3/t20-,21-,22?/m1/s1. The van der Waals surface area contributed by atoms with Crippen LogP contribution in [0.25, 0.3) is 0 Å². The van der Waals surface area contributed by atoms with E-state index in [1.54, 1.807) is 24.0 Å². The molecule has 1 aromatic rings. The first kappa shape index (κ1) is 28.3. The van der Waals surface area contributed by atoms with Crippen LogP contribution in [0.3, 0.4) is 0 Å². The van der Waals surface area contributed by atoms with E-state index in [0.29, 0.717) is 18.5 Å². The molecule has 1 heterocycles. The van der Waals surface area contributed by atoms with Crippen molar-refractivity contribution in [2.24, 2.45) is 0 Å². The number of hydrogen-bond donors (Lipinski definition) is 1. The molecule has 0 spiro atoms. The number of rotatable bonds is 7. The predicted octanol–water partition coefficient (Wildman–Crippen LogP) is 5.75. The van der Waals surface area contributed by atoms with Gasteiger partial charge in [0.2, 0.25) is 0 Å². The van der Waals surface area contributed by atoms with Crippen LogP contribution < -0.4 is 0 Å². The van der Waals surface area contributed by atoms with Gasteiger partial charge in [0, 0.05) is 6.54 Å². The number of esters is 1. The zero-order valence-electron chi connectivity index (χ0n) is 22.3. The second-order valence-electron chi connectivity index (χ2n) is 11.6. The van der Waals surface area contributed by atoms with Crippen LogP contribution in [-0.4, -0.2) is 55.2 Å². The van der Waals surface area contributed by atoms with Crippen molar-refractivity contribution >= 4 is 20.4 Å². The quantitative estimate of drug-likeness (QED) is 0.385. The van der Waals surface area contributed by atoms with Gasteiger partial charge in [-0.25, -0.2) is 4.79 Å². The number of amides is 1. The van der Waals surface area contributed by atoms with Crippen molar-refractivity contribution in [3.05, 3.63) is 35.4 Å². The maximum Gasteiger partial charge on any atom is 0.410 e. The number of ether oxygens (including phenoxy) is 2. The molecule has 1 amide bonds. The van der Waals surface area contributed by atoms with Gasteiger partial charge in [-0.05, 0) is 63.4 Å². The lowest BCUT2D eigenvalue weighted by Crippen LogP contribution is -2.45. The highest BCUT2D eigenvalue weighted by molar-refractivity contribution is 6.74. The molecule has 8 heteroatoms. The van der Waals surface area contributed by atoms with Crippen molar-refractivity contribution in [2.45, 2.75) is 103 Å². The monoisotopic (exact) mass is 493 g/mol. The van der Waals surface area contributed by atoms with Crippen LogP contribution >= 0.6 is 0 Å².